The van der Waals surface area contributed by atoms with E-state index in [9.17, 15) is 14.3 Å². The molecule has 0 heterocycles. The molecule has 0 aliphatic carbocycles. The Bertz CT molecular complexity index is 381. The van der Waals surface area contributed by atoms with Gasteiger partial charge >= 0.3 is 5.97 Å². The van der Waals surface area contributed by atoms with E-state index in [4.69, 9.17) is 5.73 Å². The average Bonchev–Trinajstić information content (AvgIpc) is 2.25. The van der Waals surface area contributed by atoms with Crippen LogP contribution in [0.2, 0.25) is 0 Å². The van der Waals surface area contributed by atoms with E-state index in [1.54, 1.807) is 6.07 Å². The van der Waals surface area contributed by atoms with Crippen LogP contribution in [0, 0.1) is 5.82 Å². The lowest BCUT2D eigenvalue weighted by Crippen LogP contribution is -2.43. The van der Waals surface area contributed by atoms with Crippen LogP contribution in [0.4, 0.5) is 4.39 Å². The molecule has 0 aliphatic rings. The van der Waals surface area contributed by atoms with Crippen molar-refractivity contribution in [2.24, 2.45) is 5.73 Å². The smallest absolute Gasteiger partial charge is 0.315 e. The van der Waals surface area contributed by atoms with Crippen LogP contribution in [0.5, 0.6) is 0 Å². The van der Waals surface area contributed by atoms with E-state index in [2.05, 4.69) is 0 Å². The molecule has 4 heteroatoms. The molecule has 1 atom stereocenters. The quantitative estimate of drug-likeness (QED) is 0.804. The molecule has 0 spiro atoms. The van der Waals surface area contributed by atoms with E-state index in [1.807, 2.05) is 6.92 Å². The predicted molar refractivity (Wildman–Crippen MR) is 59.7 cm³/mol. The first-order chi connectivity index (χ1) is 7.56. The van der Waals surface area contributed by atoms with Gasteiger partial charge in [-0.15, -0.1) is 0 Å². The van der Waals surface area contributed by atoms with Crippen molar-refractivity contribution in [3.8, 4) is 0 Å². The van der Waals surface area contributed by atoms with Gasteiger partial charge in [0.2, 0.25) is 0 Å². The fourth-order valence-electron chi connectivity index (χ4n) is 1.89. The second-order valence-corrected chi connectivity index (χ2v) is 3.85. The maximum atomic E-state index is 13.1. The molecule has 0 aromatic heterocycles. The van der Waals surface area contributed by atoms with E-state index in [0.29, 0.717) is 18.4 Å². The lowest BCUT2D eigenvalue weighted by molar-refractivity contribution is -0.143. The van der Waals surface area contributed by atoms with Gasteiger partial charge in [-0.3, -0.25) is 4.79 Å². The van der Waals surface area contributed by atoms with E-state index in [0.717, 1.165) is 0 Å². The van der Waals surface area contributed by atoms with E-state index < -0.39 is 17.2 Å². The summed E-state index contributed by atoms with van der Waals surface area (Å²) in [6.07, 6.45) is 1.09. The van der Waals surface area contributed by atoms with E-state index in [-0.39, 0.29) is 6.54 Å². The zero-order valence-corrected chi connectivity index (χ0v) is 9.24. The van der Waals surface area contributed by atoms with E-state index in [1.165, 1.54) is 18.2 Å². The summed E-state index contributed by atoms with van der Waals surface area (Å²) in [5.74, 6) is -1.44. The highest BCUT2D eigenvalue weighted by Gasteiger charge is 2.38. The van der Waals surface area contributed by atoms with Gasteiger partial charge in [-0.2, -0.15) is 0 Å². The van der Waals surface area contributed by atoms with Gasteiger partial charge in [-0.05, 0) is 24.1 Å². The van der Waals surface area contributed by atoms with Gasteiger partial charge in [0.05, 0.1) is 0 Å². The van der Waals surface area contributed by atoms with Crippen molar-refractivity contribution in [2.45, 2.75) is 25.2 Å². The lowest BCUT2D eigenvalue weighted by Gasteiger charge is -2.28. The minimum absolute atomic E-state index is 0.0281. The Kier molecular flexibility index (Phi) is 4.01. The Morgan fingerprint density at radius 2 is 2.25 bits per heavy atom. The van der Waals surface area contributed by atoms with Gasteiger partial charge < -0.3 is 10.8 Å². The summed E-state index contributed by atoms with van der Waals surface area (Å²) in [7, 11) is 0. The van der Waals surface area contributed by atoms with Gasteiger partial charge in [0, 0.05) is 6.54 Å². The summed E-state index contributed by atoms with van der Waals surface area (Å²) >= 11 is 0. The van der Waals surface area contributed by atoms with Crippen molar-refractivity contribution in [3.63, 3.8) is 0 Å². The number of benzene rings is 1. The molecule has 0 fully saturated rings. The van der Waals surface area contributed by atoms with Crippen LogP contribution in [0.25, 0.3) is 0 Å². The monoisotopic (exact) mass is 225 g/mol. The standard InChI is InChI=1S/C12H16FNO2/c1-2-6-12(8-14,11(15)16)9-4-3-5-10(13)7-9/h3-5,7H,2,6,8,14H2,1H3,(H,15,16). The number of halogens is 1. The van der Waals surface area contributed by atoms with Gasteiger partial charge in [0.25, 0.3) is 0 Å². The average molecular weight is 225 g/mol. The van der Waals surface area contributed by atoms with Gasteiger partial charge in [0.15, 0.2) is 0 Å². The first-order valence-corrected chi connectivity index (χ1v) is 5.26. The molecule has 16 heavy (non-hydrogen) atoms. The molecule has 0 saturated heterocycles. The Balaban J connectivity index is 3.24. The Morgan fingerprint density at radius 3 is 2.69 bits per heavy atom. The van der Waals surface area contributed by atoms with Crippen LogP contribution in [-0.4, -0.2) is 17.6 Å². The molecule has 3 nitrogen and oxygen atoms in total. The first kappa shape index (κ1) is 12.6. The summed E-state index contributed by atoms with van der Waals surface area (Å²) in [5, 5.41) is 9.30. The summed E-state index contributed by atoms with van der Waals surface area (Å²) in [6, 6.07) is 5.66. The van der Waals surface area contributed by atoms with Gasteiger partial charge in [-0.1, -0.05) is 25.5 Å². The molecule has 1 aromatic rings. The van der Waals surface area contributed by atoms with Crippen molar-refractivity contribution in [1.82, 2.24) is 0 Å². The van der Waals surface area contributed by atoms with Crippen LogP contribution in [0.15, 0.2) is 24.3 Å². The highest BCUT2D eigenvalue weighted by atomic mass is 19.1. The molecule has 0 radical (unpaired) electrons. The highest BCUT2D eigenvalue weighted by Crippen LogP contribution is 2.29. The molecule has 0 amide bonds. The number of carboxylic acid groups (broad SMARTS) is 1. The number of hydrogen-bond donors (Lipinski definition) is 2. The minimum Gasteiger partial charge on any atom is -0.481 e. The molecule has 1 rings (SSSR count). The second kappa shape index (κ2) is 5.07. The highest BCUT2D eigenvalue weighted by molar-refractivity contribution is 5.81. The summed E-state index contributed by atoms with van der Waals surface area (Å²) in [5.41, 5.74) is 4.84. The maximum Gasteiger partial charge on any atom is 0.315 e. The molecular weight excluding hydrogens is 209 g/mol. The van der Waals surface area contributed by atoms with Gasteiger partial charge in [0.1, 0.15) is 11.2 Å². The predicted octanol–water partition coefficient (Wildman–Crippen LogP) is 1.91. The third kappa shape index (κ3) is 2.22. The van der Waals surface area contributed by atoms with Crippen LogP contribution in [0.1, 0.15) is 25.3 Å². The Morgan fingerprint density at radius 1 is 1.56 bits per heavy atom. The molecule has 0 saturated carbocycles. The van der Waals surface area contributed by atoms with Crippen molar-refractivity contribution < 1.29 is 14.3 Å². The van der Waals surface area contributed by atoms with E-state index >= 15 is 0 Å². The molecular formula is C12H16FNO2. The molecule has 0 bridgehead atoms. The molecule has 3 N–H and O–H groups in total. The van der Waals surface area contributed by atoms with Crippen LogP contribution >= 0.6 is 0 Å². The Hall–Kier alpha value is -1.42. The number of hydrogen-bond acceptors (Lipinski definition) is 2. The molecule has 0 aliphatic heterocycles. The first-order valence-electron chi connectivity index (χ1n) is 5.26. The van der Waals surface area contributed by atoms with Crippen LogP contribution < -0.4 is 5.73 Å². The fraction of sp³-hybridized carbons (Fsp3) is 0.417. The number of carbonyl (C=O) groups is 1. The van der Waals surface area contributed by atoms with Crippen molar-refractivity contribution in [1.29, 1.82) is 0 Å². The maximum absolute atomic E-state index is 13.1. The van der Waals surface area contributed by atoms with Gasteiger partial charge in [-0.25, -0.2) is 4.39 Å². The third-order valence-corrected chi connectivity index (χ3v) is 2.81. The van der Waals surface area contributed by atoms with Crippen molar-refractivity contribution in [2.75, 3.05) is 6.54 Å². The normalized spacial score (nSPS) is 14.4. The number of carboxylic acids is 1. The number of aliphatic carboxylic acids is 1. The largest absolute Gasteiger partial charge is 0.481 e. The lowest BCUT2D eigenvalue weighted by atomic mass is 9.77. The third-order valence-electron chi connectivity index (χ3n) is 2.81. The molecule has 1 aromatic carbocycles. The fourth-order valence-corrected chi connectivity index (χ4v) is 1.89. The number of nitrogens with two attached hydrogens (primary N) is 1. The SMILES string of the molecule is CCCC(CN)(C(=O)O)c1cccc(F)c1. The summed E-state index contributed by atoms with van der Waals surface area (Å²) in [6.45, 7) is 1.85. The topological polar surface area (TPSA) is 63.3 Å². The molecule has 88 valence electrons. The second-order valence-electron chi connectivity index (χ2n) is 3.85. The summed E-state index contributed by atoms with van der Waals surface area (Å²) in [4.78, 5) is 11.4. The number of rotatable bonds is 5. The summed E-state index contributed by atoms with van der Waals surface area (Å²) < 4.78 is 13.1. The Labute approximate surface area is 94.1 Å². The molecule has 1 unspecified atom stereocenters. The van der Waals surface area contributed by atoms with Crippen molar-refractivity contribution >= 4 is 5.97 Å². The zero-order chi connectivity index (χ0) is 12.2. The van der Waals surface area contributed by atoms with Crippen molar-refractivity contribution in [3.05, 3.63) is 35.6 Å². The van der Waals surface area contributed by atoms with Crippen LogP contribution in [-0.2, 0) is 10.2 Å². The zero-order valence-electron chi connectivity index (χ0n) is 9.24. The van der Waals surface area contributed by atoms with Crippen LogP contribution in [0.3, 0.4) is 0 Å². The minimum atomic E-state index is -1.17.